The Balaban J connectivity index is 1.56. The lowest BCUT2D eigenvalue weighted by Crippen LogP contribution is -2.22. The number of carbonyl (C=O) groups is 1. The number of carbonyl (C=O) groups excluding carboxylic acids is 1. The van der Waals surface area contributed by atoms with Crippen LogP contribution in [0.25, 0.3) is 0 Å². The first-order valence-electron chi connectivity index (χ1n) is 8.66. The normalized spacial score (nSPS) is 21.3. The van der Waals surface area contributed by atoms with E-state index in [0.717, 1.165) is 5.82 Å². The molecule has 0 unspecified atom stereocenters. The van der Waals surface area contributed by atoms with E-state index in [-0.39, 0.29) is 5.91 Å². The summed E-state index contributed by atoms with van der Waals surface area (Å²) in [6, 6.07) is 2.41. The van der Waals surface area contributed by atoms with Crippen molar-refractivity contribution in [2.45, 2.75) is 76.7 Å². The minimum Gasteiger partial charge on any atom is -0.311 e. The van der Waals surface area contributed by atoms with Crippen LogP contribution in [0.2, 0.25) is 0 Å². The average molecular weight is 289 g/mol. The molecular formula is C17H27N3O. The summed E-state index contributed by atoms with van der Waals surface area (Å²) in [5.74, 6) is 1.65. The molecule has 0 radical (unpaired) electrons. The summed E-state index contributed by atoms with van der Waals surface area (Å²) in [6.45, 7) is 0. The van der Waals surface area contributed by atoms with E-state index in [4.69, 9.17) is 0 Å². The Morgan fingerprint density at radius 3 is 2.48 bits per heavy atom. The molecule has 0 saturated heterocycles. The van der Waals surface area contributed by atoms with Crippen molar-refractivity contribution in [1.82, 2.24) is 9.78 Å². The van der Waals surface area contributed by atoms with Gasteiger partial charge in [-0.2, -0.15) is 5.10 Å². The Morgan fingerprint density at radius 1 is 1.10 bits per heavy atom. The summed E-state index contributed by atoms with van der Waals surface area (Å²) in [7, 11) is 0. The zero-order valence-electron chi connectivity index (χ0n) is 12.9. The fraction of sp³-hybridized carbons (Fsp3) is 0.765. The lowest BCUT2D eigenvalue weighted by atomic mass is 9.87. The van der Waals surface area contributed by atoms with E-state index in [1.165, 1.54) is 64.2 Å². The highest BCUT2D eigenvalue weighted by Gasteiger charge is 2.21. The molecule has 4 heteroatoms. The third kappa shape index (κ3) is 3.86. The van der Waals surface area contributed by atoms with E-state index in [2.05, 4.69) is 10.4 Å². The SMILES string of the molecule is O=C(CC1CCCCC1)Nc1ccnn1C1CCCCC1. The van der Waals surface area contributed by atoms with Crippen LogP contribution < -0.4 is 5.32 Å². The molecule has 2 fully saturated rings. The molecular weight excluding hydrogens is 262 g/mol. The van der Waals surface area contributed by atoms with Gasteiger partial charge in [-0.05, 0) is 31.6 Å². The lowest BCUT2D eigenvalue weighted by molar-refractivity contribution is -0.117. The molecule has 1 heterocycles. The molecule has 0 atom stereocenters. The van der Waals surface area contributed by atoms with Gasteiger partial charge in [0.2, 0.25) is 5.91 Å². The number of nitrogens with zero attached hydrogens (tertiary/aromatic N) is 2. The largest absolute Gasteiger partial charge is 0.311 e. The van der Waals surface area contributed by atoms with Crippen LogP contribution >= 0.6 is 0 Å². The van der Waals surface area contributed by atoms with Crippen LogP contribution in [0.1, 0.15) is 76.7 Å². The van der Waals surface area contributed by atoms with Crippen molar-refractivity contribution in [2.24, 2.45) is 5.92 Å². The second kappa shape index (κ2) is 7.10. The Morgan fingerprint density at radius 2 is 1.76 bits per heavy atom. The van der Waals surface area contributed by atoms with Gasteiger partial charge in [0.1, 0.15) is 5.82 Å². The zero-order valence-corrected chi connectivity index (χ0v) is 12.9. The van der Waals surface area contributed by atoms with E-state index >= 15 is 0 Å². The Kier molecular flexibility index (Phi) is 4.94. The topological polar surface area (TPSA) is 46.9 Å². The second-order valence-electron chi connectivity index (χ2n) is 6.71. The van der Waals surface area contributed by atoms with Crippen molar-refractivity contribution >= 4 is 11.7 Å². The minimum absolute atomic E-state index is 0.166. The number of rotatable bonds is 4. The molecule has 1 aromatic rings. The van der Waals surface area contributed by atoms with Crippen LogP contribution in [0, 0.1) is 5.92 Å². The standard InChI is InChI=1S/C17H27N3O/c21-17(13-14-7-3-1-4-8-14)19-16-11-12-18-20(16)15-9-5-2-6-10-15/h11-12,14-15H,1-10,13H2,(H,19,21). The molecule has 0 aliphatic heterocycles. The van der Waals surface area contributed by atoms with Crippen molar-refractivity contribution in [3.8, 4) is 0 Å². The molecule has 1 N–H and O–H groups in total. The Hall–Kier alpha value is -1.32. The fourth-order valence-electron chi connectivity index (χ4n) is 3.88. The maximum Gasteiger partial charge on any atom is 0.225 e. The number of hydrogen-bond acceptors (Lipinski definition) is 2. The van der Waals surface area contributed by atoms with E-state index in [0.29, 0.717) is 18.4 Å². The number of nitrogens with one attached hydrogen (secondary N) is 1. The Labute approximate surface area is 127 Å². The van der Waals surface area contributed by atoms with Gasteiger partial charge in [-0.1, -0.05) is 38.5 Å². The number of anilines is 1. The first-order chi connectivity index (χ1) is 10.3. The van der Waals surface area contributed by atoms with Gasteiger partial charge in [0.05, 0.1) is 12.2 Å². The summed E-state index contributed by atoms with van der Waals surface area (Å²) >= 11 is 0. The van der Waals surface area contributed by atoms with Crippen LogP contribution in [0.15, 0.2) is 12.3 Å². The smallest absolute Gasteiger partial charge is 0.225 e. The Bertz CT molecular complexity index is 456. The molecule has 21 heavy (non-hydrogen) atoms. The van der Waals surface area contributed by atoms with E-state index < -0.39 is 0 Å². The van der Waals surface area contributed by atoms with Gasteiger partial charge in [0.15, 0.2) is 0 Å². The average Bonchev–Trinajstić information content (AvgIpc) is 2.97. The van der Waals surface area contributed by atoms with Gasteiger partial charge in [-0.15, -0.1) is 0 Å². The highest BCUT2D eigenvalue weighted by Crippen LogP contribution is 2.30. The monoisotopic (exact) mass is 289 g/mol. The number of aromatic nitrogens is 2. The van der Waals surface area contributed by atoms with Crippen molar-refractivity contribution < 1.29 is 4.79 Å². The van der Waals surface area contributed by atoms with Crippen LogP contribution in [-0.2, 0) is 4.79 Å². The molecule has 0 aromatic carbocycles. The highest BCUT2D eigenvalue weighted by atomic mass is 16.1. The molecule has 1 aromatic heterocycles. The van der Waals surface area contributed by atoms with Crippen molar-refractivity contribution in [3.63, 3.8) is 0 Å². The predicted octanol–water partition coefficient (Wildman–Crippen LogP) is 4.30. The minimum atomic E-state index is 0.166. The summed E-state index contributed by atoms with van der Waals surface area (Å²) < 4.78 is 2.04. The van der Waals surface area contributed by atoms with Crippen LogP contribution in [0.3, 0.4) is 0 Å². The summed E-state index contributed by atoms with van der Waals surface area (Å²) in [4.78, 5) is 12.3. The summed E-state index contributed by atoms with van der Waals surface area (Å²) in [5, 5.41) is 7.54. The van der Waals surface area contributed by atoms with Gasteiger partial charge < -0.3 is 5.32 Å². The molecule has 4 nitrogen and oxygen atoms in total. The first kappa shape index (κ1) is 14.6. The second-order valence-corrected chi connectivity index (χ2v) is 6.71. The summed E-state index contributed by atoms with van der Waals surface area (Å²) in [5.41, 5.74) is 0. The highest BCUT2D eigenvalue weighted by molar-refractivity contribution is 5.90. The molecule has 2 aliphatic rings. The van der Waals surface area contributed by atoms with Gasteiger partial charge >= 0.3 is 0 Å². The zero-order chi connectivity index (χ0) is 14.5. The van der Waals surface area contributed by atoms with Crippen molar-refractivity contribution in [3.05, 3.63) is 12.3 Å². The quantitative estimate of drug-likeness (QED) is 0.898. The molecule has 2 aliphatic carbocycles. The molecule has 116 valence electrons. The van der Waals surface area contributed by atoms with E-state index in [1.54, 1.807) is 0 Å². The van der Waals surface area contributed by atoms with Gasteiger partial charge in [0, 0.05) is 12.5 Å². The predicted molar refractivity (Wildman–Crippen MR) is 84.2 cm³/mol. The van der Waals surface area contributed by atoms with Crippen LogP contribution in [0.4, 0.5) is 5.82 Å². The maximum atomic E-state index is 12.3. The summed E-state index contributed by atoms with van der Waals surface area (Å²) in [6.07, 6.45) is 15.1. The van der Waals surface area contributed by atoms with Crippen LogP contribution in [-0.4, -0.2) is 15.7 Å². The fourth-order valence-corrected chi connectivity index (χ4v) is 3.88. The molecule has 0 bridgehead atoms. The first-order valence-corrected chi connectivity index (χ1v) is 8.66. The van der Waals surface area contributed by atoms with Gasteiger partial charge in [-0.25, -0.2) is 4.68 Å². The van der Waals surface area contributed by atoms with Crippen molar-refractivity contribution in [2.75, 3.05) is 5.32 Å². The van der Waals surface area contributed by atoms with E-state index in [9.17, 15) is 4.79 Å². The van der Waals surface area contributed by atoms with Crippen LogP contribution in [0.5, 0.6) is 0 Å². The third-order valence-corrected chi connectivity index (χ3v) is 5.06. The lowest BCUT2D eigenvalue weighted by Gasteiger charge is -2.24. The number of amides is 1. The van der Waals surface area contributed by atoms with Crippen molar-refractivity contribution in [1.29, 1.82) is 0 Å². The van der Waals surface area contributed by atoms with Gasteiger partial charge in [-0.3, -0.25) is 4.79 Å². The third-order valence-electron chi connectivity index (χ3n) is 5.06. The van der Waals surface area contributed by atoms with Gasteiger partial charge in [0.25, 0.3) is 0 Å². The van der Waals surface area contributed by atoms with E-state index in [1.807, 2.05) is 16.9 Å². The molecule has 0 spiro atoms. The molecule has 3 rings (SSSR count). The molecule has 1 amide bonds. The molecule has 2 saturated carbocycles. The number of hydrogen-bond donors (Lipinski definition) is 1. The maximum absolute atomic E-state index is 12.3.